The molecule has 3 nitrogen and oxygen atoms in total. The number of amides is 1. The normalized spacial score (nSPS) is 17.2. The van der Waals surface area contributed by atoms with E-state index >= 15 is 0 Å². The average Bonchev–Trinajstić information content (AvgIpc) is 2.86. The molecular formula is C15H21NO2S. The Labute approximate surface area is 118 Å². The van der Waals surface area contributed by atoms with Gasteiger partial charge in [-0.1, -0.05) is 31.0 Å². The van der Waals surface area contributed by atoms with Crippen molar-refractivity contribution in [1.29, 1.82) is 0 Å². The molecular weight excluding hydrogens is 258 g/mol. The van der Waals surface area contributed by atoms with E-state index in [0.29, 0.717) is 0 Å². The Bertz CT molecular complexity index is 422. The fraction of sp³-hybridized carbons (Fsp3) is 0.533. The quantitative estimate of drug-likeness (QED) is 0.754. The first-order valence-corrected chi connectivity index (χ1v) is 7.92. The van der Waals surface area contributed by atoms with Crippen LogP contribution in [-0.2, 0) is 4.79 Å². The number of rotatable bonds is 7. The van der Waals surface area contributed by atoms with Crippen LogP contribution in [0.4, 0.5) is 0 Å². The molecule has 0 saturated carbocycles. The van der Waals surface area contributed by atoms with Crippen molar-refractivity contribution in [3.63, 3.8) is 0 Å². The van der Waals surface area contributed by atoms with Crippen LogP contribution in [-0.4, -0.2) is 29.9 Å². The molecule has 0 fully saturated rings. The molecule has 1 amide bonds. The van der Waals surface area contributed by atoms with Crippen molar-refractivity contribution in [2.24, 2.45) is 0 Å². The molecule has 1 unspecified atom stereocenters. The second-order valence-corrected chi connectivity index (χ2v) is 5.89. The topological polar surface area (TPSA) is 49.3 Å². The van der Waals surface area contributed by atoms with Gasteiger partial charge >= 0.3 is 0 Å². The molecule has 1 aliphatic heterocycles. The van der Waals surface area contributed by atoms with Crippen molar-refractivity contribution in [3.05, 3.63) is 29.8 Å². The van der Waals surface area contributed by atoms with Crippen molar-refractivity contribution < 1.29 is 9.90 Å². The number of thioether (sulfide) groups is 1. The second-order valence-electron chi connectivity index (χ2n) is 4.83. The molecule has 0 aliphatic carbocycles. The molecule has 104 valence electrons. The summed E-state index contributed by atoms with van der Waals surface area (Å²) in [6, 6.07) is 8.16. The molecule has 1 aromatic rings. The smallest absolute Gasteiger partial charge is 0.228 e. The second kappa shape index (κ2) is 7.56. The van der Waals surface area contributed by atoms with E-state index in [1.165, 1.54) is 10.5 Å². The first-order valence-electron chi connectivity index (χ1n) is 6.93. The highest BCUT2D eigenvalue weighted by atomic mass is 32.2. The summed E-state index contributed by atoms with van der Waals surface area (Å²) in [6.45, 7) is 1.01. The fourth-order valence-electron chi connectivity index (χ4n) is 2.30. The Morgan fingerprint density at radius 2 is 2.05 bits per heavy atom. The molecule has 19 heavy (non-hydrogen) atoms. The third kappa shape index (κ3) is 3.98. The predicted molar refractivity (Wildman–Crippen MR) is 78.5 cm³/mol. The lowest BCUT2D eigenvalue weighted by molar-refractivity contribution is -0.122. The lowest BCUT2D eigenvalue weighted by Crippen LogP contribution is -2.30. The number of hydrogen-bond acceptors (Lipinski definition) is 3. The third-order valence-corrected chi connectivity index (χ3v) is 4.58. The van der Waals surface area contributed by atoms with Crippen molar-refractivity contribution in [1.82, 2.24) is 5.32 Å². The van der Waals surface area contributed by atoms with Gasteiger partial charge < -0.3 is 10.4 Å². The lowest BCUT2D eigenvalue weighted by Gasteiger charge is -2.11. The van der Waals surface area contributed by atoms with E-state index in [2.05, 4.69) is 17.4 Å². The molecule has 1 atom stereocenters. The van der Waals surface area contributed by atoms with E-state index in [9.17, 15) is 4.79 Å². The van der Waals surface area contributed by atoms with Crippen LogP contribution in [0.1, 0.15) is 37.2 Å². The van der Waals surface area contributed by atoms with Gasteiger partial charge in [-0.05, 0) is 24.5 Å². The van der Waals surface area contributed by atoms with Gasteiger partial charge in [-0.25, -0.2) is 0 Å². The Kier molecular flexibility index (Phi) is 5.73. The largest absolute Gasteiger partial charge is 0.396 e. The number of unbranched alkanes of at least 4 members (excludes halogenated alkanes) is 3. The van der Waals surface area contributed by atoms with Crippen molar-refractivity contribution in [2.75, 3.05) is 18.9 Å². The minimum atomic E-state index is 0.0126. The number of carbonyl (C=O) groups excluding carboxylic acids is 1. The summed E-state index contributed by atoms with van der Waals surface area (Å²) < 4.78 is 0. The highest BCUT2D eigenvalue weighted by Gasteiger charge is 2.28. The zero-order valence-electron chi connectivity index (χ0n) is 11.1. The number of fused-ring (bicyclic) bond motifs is 1. The monoisotopic (exact) mass is 279 g/mol. The van der Waals surface area contributed by atoms with Gasteiger partial charge in [0.2, 0.25) is 5.91 Å². The minimum absolute atomic E-state index is 0.0126. The predicted octanol–water partition coefficient (Wildman–Crippen LogP) is 2.54. The van der Waals surface area contributed by atoms with Crippen LogP contribution in [0.25, 0.3) is 0 Å². The molecule has 0 bridgehead atoms. The number of nitrogens with one attached hydrogen (secondary N) is 1. The number of hydrogen-bond donors (Lipinski definition) is 2. The van der Waals surface area contributed by atoms with Gasteiger partial charge in [-0.3, -0.25) is 4.79 Å². The van der Waals surface area contributed by atoms with Gasteiger partial charge in [0.1, 0.15) is 0 Å². The molecule has 1 aromatic carbocycles. The van der Waals surface area contributed by atoms with Gasteiger partial charge in [0.05, 0.1) is 5.92 Å². The van der Waals surface area contributed by atoms with Crippen molar-refractivity contribution >= 4 is 17.7 Å². The molecule has 2 rings (SSSR count). The number of aliphatic hydroxyl groups is 1. The molecule has 1 heterocycles. The van der Waals surface area contributed by atoms with Crippen LogP contribution >= 0.6 is 11.8 Å². The van der Waals surface area contributed by atoms with Crippen LogP contribution in [0.15, 0.2) is 29.2 Å². The van der Waals surface area contributed by atoms with Crippen LogP contribution in [0, 0.1) is 0 Å². The van der Waals surface area contributed by atoms with E-state index in [1.54, 1.807) is 11.8 Å². The van der Waals surface area contributed by atoms with Gasteiger partial charge in [0.15, 0.2) is 0 Å². The van der Waals surface area contributed by atoms with E-state index in [-0.39, 0.29) is 18.4 Å². The Hall–Kier alpha value is -1.00. The first kappa shape index (κ1) is 14.4. The average molecular weight is 279 g/mol. The zero-order chi connectivity index (χ0) is 13.5. The zero-order valence-corrected chi connectivity index (χ0v) is 11.9. The SMILES string of the molecule is O=C(NCCCCCCO)C1CSc2ccccc21. The maximum atomic E-state index is 12.1. The Morgan fingerprint density at radius 3 is 2.89 bits per heavy atom. The molecule has 4 heteroatoms. The number of benzene rings is 1. The third-order valence-electron chi connectivity index (χ3n) is 3.40. The molecule has 0 radical (unpaired) electrons. The summed E-state index contributed by atoms with van der Waals surface area (Å²) in [5.74, 6) is 1.02. The van der Waals surface area contributed by atoms with Gasteiger partial charge in [-0.15, -0.1) is 11.8 Å². The van der Waals surface area contributed by atoms with Crippen LogP contribution < -0.4 is 5.32 Å². The maximum absolute atomic E-state index is 12.1. The molecule has 1 aliphatic rings. The molecule has 2 N–H and O–H groups in total. The van der Waals surface area contributed by atoms with Crippen LogP contribution in [0.3, 0.4) is 0 Å². The fourth-order valence-corrected chi connectivity index (χ4v) is 3.53. The summed E-state index contributed by atoms with van der Waals surface area (Å²) in [7, 11) is 0. The van der Waals surface area contributed by atoms with E-state index in [1.807, 2.05) is 12.1 Å². The summed E-state index contributed by atoms with van der Waals surface area (Å²) in [5.41, 5.74) is 1.17. The molecule has 0 aromatic heterocycles. The number of carbonyl (C=O) groups is 1. The van der Waals surface area contributed by atoms with Crippen molar-refractivity contribution in [2.45, 2.75) is 36.5 Å². The first-order chi connectivity index (χ1) is 9.33. The van der Waals surface area contributed by atoms with Crippen LogP contribution in [0.2, 0.25) is 0 Å². The summed E-state index contributed by atoms with van der Waals surface area (Å²) in [5, 5.41) is 11.7. The molecule has 0 saturated heterocycles. The van der Waals surface area contributed by atoms with E-state index < -0.39 is 0 Å². The maximum Gasteiger partial charge on any atom is 0.228 e. The van der Waals surface area contributed by atoms with Crippen LogP contribution in [0.5, 0.6) is 0 Å². The van der Waals surface area contributed by atoms with Gasteiger partial charge in [-0.2, -0.15) is 0 Å². The minimum Gasteiger partial charge on any atom is -0.396 e. The summed E-state index contributed by atoms with van der Waals surface area (Å²) >= 11 is 1.77. The van der Waals surface area contributed by atoms with Crippen molar-refractivity contribution in [3.8, 4) is 0 Å². The van der Waals surface area contributed by atoms with Gasteiger partial charge in [0.25, 0.3) is 0 Å². The standard InChI is InChI=1S/C15H21NO2S/c17-10-6-2-1-5-9-16-15(18)13-11-19-14-8-4-3-7-12(13)14/h3-4,7-8,13,17H,1-2,5-6,9-11H2,(H,16,18). The Balaban J connectivity index is 1.73. The van der Waals surface area contributed by atoms with E-state index in [4.69, 9.17) is 5.11 Å². The highest BCUT2D eigenvalue weighted by Crippen LogP contribution is 2.39. The van der Waals surface area contributed by atoms with Gasteiger partial charge in [0, 0.05) is 23.8 Å². The summed E-state index contributed by atoms with van der Waals surface area (Å²) in [4.78, 5) is 13.4. The van der Waals surface area contributed by atoms with E-state index in [0.717, 1.165) is 38.0 Å². The lowest BCUT2D eigenvalue weighted by atomic mass is 10.0. The summed E-state index contributed by atoms with van der Waals surface area (Å²) in [6.07, 6.45) is 3.96. The molecule has 0 spiro atoms. The highest BCUT2D eigenvalue weighted by molar-refractivity contribution is 7.99. The number of aliphatic hydroxyl groups excluding tert-OH is 1. The Morgan fingerprint density at radius 1 is 1.26 bits per heavy atom.